The summed E-state index contributed by atoms with van der Waals surface area (Å²) in [6, 6.07) is 5.15. The van der Waals surface area contributed by atoms with Gasteiger partial charge in [-0.3, -0.25) is 0 Å². The predicted molar refractivity (Wildman–Crippen MR) is 71.7 cm³/mol. The molecular formula is C15H24FN. The van der Waals surface area contributed by atoms with Crippen LogP contribution >= 0.6 is 0 Å². The highest BCUT2D eigenvalue weighted by Gasteiger charge is 2.18. The van der Waals surface area contributed by atoms with Gasteiger partial charge in [0, 0.05) is 6.54 Å². The lowest BCUT2D eigenvalue weighted by atomic mass is 9.83. The van der Waals surface area contributed by atoms with Gasteiger partial charge in [0.2, 0.25) is 0 Å². The molecule has 0 aliphatic carbocycles. The SMILES string of the molecule is CCCN(C)Cc1cc(F)ccc1C(C)(C)C. The average Bonchev–Trinajstić information content (AvgIpc) is 2.15. The van der Waals surface area contributed by atoms with Crippen molar-refractivity contribution in [3.05, 3.63) is 35.1 Å². The zero-order valence-electron chi connectivity index (χ0n) is 11.7. The molecule has 96 valence electrons. The molecule has 1 aromatic carbocycles. The largest absolute Gasteiger partial charge is 0.302 e. The van der Waals surface area contributed by atoms with E-state index in [0.29, 0.717) is 0 Å². The Bertz CT molecular complexity index is 366. The van der Waals surface area contributed by atoms with E-state index in [2.05, 4.69) is 39.6 Å². The highest BCUT2D eigenvalue weighted by Crippen LogP contribution is 2.27. The van der Waals surface area contributed by atoms with Crippen LogP contribution in [0.2, 0.25) is 0 Å². The van der Waals surface area contributed by atoms with E-state index in [1.54, 1.807) is 12.1 Å². The normalized spacial score (nSPS) is 12.2. The van der Waals surface area contributed by atoms with Gasteiger partial charge in [0.05, 0.1) is 0 Å². The summed E-state index contributed by atoms with van der Waals surface area (Å²) < 4.78 is 13.4. The second-order valence-electron chi connectivity index (χ2n) is 5.79. The summed E-state index contributed by atoms with van der Waals surface area (Å²) >= 11 is 0. The minimum absolute atomic E-state index is 0.0656. The number of hydrogen-bond donors (Lipinski definition) is 0. The molecule has 0 aromatic heterocycles. The molecule has 0 aliphatic rings. The van der Waals surface area contributed by atoms with E-state index in [0.717, 1.165) is 25.1 Å². The van der Waals surface area contributed by atoms with Crippen LogP contribution in [0.15, 0.2) is 18.2 Å². The van der Waals surface area contributed by atoms with Gasteiger partial charge >= 0.3 is 0 Å². The number of nitrogens with zero attached hydrogens (tertiary/aromatic N) is 1. The van der Waals surface area contributed by atoms with Crippen LogP contribution in [0.5, 0.6) is 0 Å². The van der Waals surface area contributed by atoms with Crippen molar-refractivity contribution < 1.29 is 4.39 Å². The molecule has 0 saturated heterocycles. The number of hydrogen-bond acceptors (Lipinski definition) is 1. The highest BCUT2D eigenvalue weighted by atomic mass is 19.1. The number of rotatable bonds is 4. The lowest BCUT2D eigenvalue weighted by Gasteiger charge is -2.25. The Labute approximate surface area is 105 Å². The minimum atomic E-state index is -0.141. The fourth-order valence-corrected chi connectivity index (χ4v) is 2.18. The number of benzene rings is 1. The second-order valence-corrected chi connectivity index (χ2v) is 5.79. The first-order valence-corrected chi connectivity index (χ1v) is 6.32. The molecule has 0 saturated carbocycles. The summed E-state index contributed by atoms with van der Waals surface area (Å²) in [5.41, 5.74) is 2.41. The zero-order chi connectivity index (χ0) is 13.1. The van der Waals surface area contributed by atoms with E-state index < -0.39 is 0 Å². The molecule has 0 fully saturated rings. The Morgan fingerprint density at radius 1 is 1.24 bits per heavy atom. The van der Waals surface area contributed by atoms with Gasteiger partial charge in [-0.05, 0) is 48.7 Å². The maximum Gasteiger partial charge on any atom is 0.123 e. The van der Waals surface area contributed by atoms with Gasteiger partial charge in [-0.1, -0.05) is 33.8 Å². The predicted octanol–water partition coefficient (Wildman–Crippen LogP) is 3.97. The van der Waals surface area contributed by atoms with E-state index in [4.69, 9.17) is 0 Å². The Morgan fingerprint density at radius 2 is 1.88 bits per heavy atom. The molecule has 0 atom stereocenters. The monoisotopic (exact) mass is 237 g/mol. The van der Waals surface area contributed by atoms with Gasteiger partial charge in [-0.15, -0.1) is 0 Å². The van der Waals surface area contributed by atoms with Crippen molar-refractivity contribution in [2.45, 2.75) is 46.1 Å². The Balaban J connectivity index is 2.99. The summed E-state index contributed by atoms with van der Waals surface area (Å²) in [5, 5.41) is 0. The third kappa shape index (κ3) is 4.12. The average molecular weight is 237 g/mol. The summed E-state index contributed by atoms with van der Waals surface area (Å²) in [4.78, 5) is 2.24. The van der Waals surface area contributed by atoms with Crippen LogP contribution in [-0.4, -0.2) is 18.5 Å². The van der Waals surface area contributed by atoms with Crippen LogP contribution in [-0.2, 0) is 12.0 Å². The molecular weight excluding hydrogens is 213 g/mol. The molecule has 0 radical (unpaired) electrons. The maximum atomic E-state index is 13.4. The Hall–Kier alpha value is -0.890. The van der Waals surface area contributed by atoms with Gasteiger partial charge in [0.15, 0.2) is 0 Å². The number of halogens is 1. The van der Waals surface area contributed by atoms with Crippen molar-refractivity contribution in [3.63, 3.8) is 0 Å². The third-order valence-corrected chi connectivity index (χ3v) is 2.92. The van der Waals surface area contributed by atoms with Gasteiger partial charge < -0.3 is 4.90 Å². The van der Waals surface area contributed by atoms with Gasteiger partial charge in [-0.25, -0.2) is 4.39 Å². The van der Waals surface area contributed by atoms with Crippen LogP contribution in [0.4, 0.5) is 4.39 Å². The Morgan fingerprint density at radius 3 is 2.41 bits per heavy atom. The first kappa shape index (κ1) is 14.2. The molecule has 17 heavy (non-hydrogen) atoms. The van der Waals surface area contributed by atoms with Crippen LogP contribution in [0.3, 0.4) is 0 Å². The quantitative estimate of drug-likeness (QED) is 0.766. The smallest absolute Gasteiger partial charge is 0.123 e. The molecule has 0 unspecified atom stereocenters. The van der Waals surface area contributed by atoms with Crippen LogP contribution in [0.1, 0.15) is 45.2 Å². The van der Waals surface area contributed by atoms with Crippen molar-refractivity contribution in [2.75, 3.05) is 13.6 Å². The molecule has 0 aliphatic heterocycles. The molecule has 0 bridgehead atoms. The van der Waals surface area contributed by atoms with E-state index in [-0.39, 0.29) is 11.2 Å². The van der Waals surface area contributed by atoms with Crippen molar-refractivity contribution in [3.8, 4) is 0 Å². The molecule has 0 spiro atoms. The van der Waals surface area contributed by atoms with Crippen LogP contribution in [0, 0.1) is 5.82 Å². The van der Waals surface area contributed by atoms with Gasteiger partial charge in [0.1, 0.15) is 5.82 Å². The van der Waals surface area contributed by atoms with E-state index in [9.17, 15) is 4.39 Å². The summed E-state index contributed by atoms with van der Waals surface area (Å²) in [7, 11) is 2.08. The van der Waals surface area contributed by atoms with E-state index in [1.807, 2.05) is 6.07 Å². The second kappa shape index (κ2) is 5.63. The highest BCUT2D eigenvalue weighted by molar-refractivity contribution is 5.33. The summed E-state index contributed by atoms with van der Waals surface area (Å²) in [5.74, 6) is -0.141. The van der Waals surface area contributed by atoms with Crippen molar-refractivity contribution >= 4 is 0 Å². The lowest BCUT2D eigenvalue weighted by Crippen LogP contribution is -2.22. The van der Waals surface area contributed by atoms with E-state index >= 15 is 0 Å². The first-order chi connectivity index (χ1) is 7.84. The fraction of sp³-hybridized carbons (Fsp3) is 0.600. The topological polar surface area (TPSA) is 3.24 Å². The summed E-state index contributed by atoms with van der Waals surface area (Å²) in [6.07, 6.45) is 1.12. The van der Waals surface area contributed by atoms with Crippen LogP contribution < -0.4 is 0 Å². The molecule has 0 amide bonds. The van der Waals surface area contributed by atoms with Crippen molar-refractivity contribution in [2.24, 2.45) is 0 Å². The van der Waals surface area contributed by atoms with Gasteiger partial charge in [-0.2, -0.15) is 0 Å². The fourth-order valence-electron chi connectivity index (χ4n) is 2.18. The first-order valence-electron chi connectivity index (χ1n) is 6.32. The zero-order valence-corrected chi connectivity index (χ0v) is 11.7. The molecule has 0 heterocycles. The van der Waals surface area contributed by atoms with Crippen LogP contribution in [0.25, 0.3) is 0 Å². The maximum absolute atomic E-state index is 13.4. The van der Waals surface area contributed by atoms with Gasteiger partial charge in [0.25, 0.3) is 0 Å². The lowest BCUT2D eigenvalue weighted by molar-refractivity contribution is 0.324. The third-order valence-electron chi connectivity index (χ3n) is 2.92. The Kier molecular flexibility index (Phi) is 4.70. The minimum Gasteiger partial charge on any atom is -0.302 e. The van der Waals surface area contributed by atoms with Crippen molar-refractivity contribution in [1.82, 2.24) is 4.90 Å². The molecule has 1 aromatic rings. The molecule has 1 nitrogen and oxygen atoms in total. The standard InChI is InChI=1S/C15H24FN/c1-6-9-17(5)11-12-10-13(16)7-8-14(12)15(2,3)4/h7-8,10H,6,9,11H2,1-5H3. The van der Waals surface area contributed by atoms with Crippen molar-refractivity contribution in [1.29, 1.82) is 0 Å². The molecule has 0 N–H and O–H groups in total. The summed E-state index contributed by atoms with van der Waals surface area (Å²) in [6.45, 7) is 10.5. The van der Waals surface area contributed by atoms with E-state index in [1.165, 1.54) is 5.56 Å². The molecule has 1 rings (SSSR count). The molecule has 2 heteroatoms.